The van der Waals surface area contributed by atoms with Crippen molar-refractivity contribution in [2.45, 2.75) is 13.5 Å². The van der Waals surface area contributed by atoms with Gasteiger partial charge in [0.05, 0.1) is 24.8 Å². The zero-order valence-electron chi connectivity index (χ0n) is 11.1. The molecule has 4 heteroatoms. The average molecular weight is 258 g/mol. The second-order valence-corrected chi connectivity index (χ2v) is 4.03. The van der Waals surface area contributed by atoms with Gasteiger partial charge in [-0.1, -0.05) is 24.3 Å². The van der Waals surface area contributed by atoms with Crippen LogP contribution in [0.3, 0.4) is 0 Å². The van der Waals surface area contributed by atoms with Gasteiger partial charge in [-0.05, 0) is 18.6 Å². The van der Waals surface area contributed by atoms with E-state index in [-0.39, 0.29) is 12.5 Å². The van der Waals surface area contributed by atoms with Gasteiger partial charge < -0.3 is 4.74 Å². The molecule has 0 aliphatic rings. The number of carbonyl (C=O) groups is 1. The van der Waals surface area contributed by atoms with Crippen LogP contribution in [0, 0.1) is 11.3 Å². The normalized spacial score (nSPS) is 9.95. The summed E-state index contributed by atoms with van der Waals surface area (Å²) in [4.78, 5) is 13.4. The van der Waals surface area contributed by atoms with Gasteiger partial charge in [0.15, 0.2) is 0 Å². The van der Waals surface area contributed by atoms with Crippen LogP contribution < -0.4 is 0 Å². The third-order valence-electron chi connectivity index (χ3n) is 2.58. The van der Waals surface area contributed by atoms with Crippen LogP contribution >= 0.6 is 0 Å². The number of carbonyl (C=O) groups excluding carboxylic acids is 1. The molecule has 0 aliphatic heterocycles. The van der Waals surface area contributed by atoms with Crippen LogP contribution in [0.5, 0.6) is 0 Å². The first kappa shape index (κ1) is 14.9. The molecule has 1 aromatic carbocycles. The topological polar surface area (TPSA) is 53.3 Å². The van der Waals surface area contributed by atoms with Crippen molar-refractivity contribution in [3.8, 4) is 6.07 Å². The van der Waals surface area contributed by atoms with Gasteiger partial charge in [0.2, 0.25) is 0 Å². The number of esters is 1. The van der Waals surface area contributed by atoms with E-state index in [1.165, 1.54) is 0 Å². The Morgan fingerprint density at radius 3 is 2.89 bits per heavy atom. The van der Waals surface area contributed by atoms with E-state index in [0.717, 1.165) is 5.56 Å². The molecular formula is C15H18N2O2. The van der Waals surface area contributed by atoms with Crippen LogP contribution in [0.15, 0.2) is 36.9 Å². The maximum Gasteiger partial charge on any atom is 0.320 e. The number of nitriles is 1. The molecule has 100 valence electrons. The molecule has 0 radical (unpaired) electrons. The van der Waals surface area contributed by atoms with Crippen LogP contribution in [0.2, 0.25) is 0 Å². The highest BCUT2D eigenvalue weighted by Gasteiger charge is 2.12. The highest BCUT2D eigenvalue weighted by molar-refractivity contribution is 5.71. The van der Waals surface area contributed by atoms with E-state index in [1.807, 2.05) is 23.1 Å². The second-order valence-electron chi connectivity index (χ2n) is 4.03. The van der Waals surface area contributed by atoms with Crippen LogP contribution in [0.4, 0.5) is 0 Å². The SMILES string of the molecule is C=CCN(CC(=O)OCC)Cc1ccccc1C#N. The summed E-state index contributed by atoms with van der Waals surface area (Å²) in [6.07, 6.45) is 1.73. The fourth-order valence-corrected chi connectivity index (χ4v) is 1.76. The van der Waals surface area contributed by atoms with Crippen molar-refractivity contribution in [1.82, 2.24) is 4.90 Å². The van der Waals surface area contributed by atoms with Crippen molar-refractivity contribution in [2.75, 3.05) is 19.7 Å². The Hall–Kier alpha value is -2.12. The summed E-state index contributed by atoms with van der Waals surface area (Å²) in [5.74, 6) is -0.265. The Labute approximate surface area is 113 Å². The predicted molar refractivity (Wildman–Crippen MR) is 73.3 cm³/mol. The molecule has 0 heterocycles. The van der Waals surface area contributed by atoms with E-state index in [1.54, 1.807) is 19.1 Å². The summed E-state index contributed by atoms with van der Waals surface area (Å²) in [7, 11) is 0. The van der Waals surface area contributed by atoms with Gasteiger partial charge in [-0.3, -0.25) is 9.69 Å². The highest BCUT2D eigenvalue weighted by atomic mass is 16.5. The molecule has 0 atom stereocenters. The first-order chi connectivity index (χ1) is 9.21. The largest absolute Gasteiger partial charge is 0.465 e. The molecular weight excluding hydrogens is 240 g/mol. The Kier molecular flexibility index (Phi) is 6.34. The minimum Gasteiger partial charge on any atom is -0.465 e. The molecule has 0 amide bonds. The lowest BCUT2D eigenvalue weighted by atomic mass is 10.1. The fourth-order valence-electron chi connectivity index (χ4n) is 1.76. The first-order valence-corrected chi connectivity index (χ1v) is 6.18. The van der Waals surface area contributed by atoms with Gasteiger partial charge in [-0.15, -0.1) is 6.58 Å². The Morgan fingerprint density at radius 2 is 2.26 bits per heavy atom. The monoisotopic (exact) mass is 258 g/mol. The lowest BCUT2D eigenvalue weighted by Crippen LogP contribution is -2.31. The Balaban J connectivity index is 2.75. The van der Waals surface area contributed by atoms with Gasteiger partial charge in [0, 0.05) is 13.1 Å². The molecule has 1 rings (SSSR count). The van der Waals surface area contributed by atoms with Gasteiger partial charge in [0.25, 0.3) is 0 Å². The minimum absolute atomic E-state index is 0.194. The van der Waals surface area contributed by atoms with E-state index < -0.39 is 0 Å². The third kappa shape index (κ3) is 4.94. The molecule has 0 fully saturated rings. The molecule has 0 bridgehead atoms. The Morgan fingerprint density at radius 1 is 1.53 bits per heavy atom. The number of rotatable bonds is 7. The van der Waals surface area contributed by atoms with Crippen molar-refractivity contribution in [1.29, 1.82) is 5.26 Å². The number of hydrogen-bond donors (Lipinski definition) is 0. The molecule has 0 aliphatic carbocycles. The zero-order valence-corrected chi connectivity index (χ0v) is 11.1. The maximum absolute atomic E-state index is 11.5. The summed E-state index contributed by atoms with van der Waals surface area (Å²) >= 11 is 0. The number of nitrogens with zero attached hydrogens (tertiary/aromatic N) is 2. The summed E-state index contributed by atoms with van der Waals surface area (Å²) in [6, 6.07) is 9.52. The summed E-state index contributed by atoms with van der Waals surface area (Å²) in [5, 5.41) is 9.05. The van der Waals surface area contributed by atoms with Crippen molar-refractivity contribution in [3.05, 3.63) is 48.0 Å². The predicted octanol–water partition coefficient (Wildman–Crippen LogP) is 2.11. The van der Waals surface area contributed by atoms with E-state index in [4.69, 9.17) is 10.00 Å². The summed E-state index contributed by atoms with van der Waals surface area (Å²) < 4.78 is 4.93. The molecule has 0 spiro atoms. The first-order valence-electron chi connectivity index (χ1n) is 6.18. The van der Waals surface area contributed by atoms with Crippen LogP contribution in [-0.4, -0.2) is 30.6 Å². The minimum atomic E-state index is -0.265. The highest BCUT2D eigenvalue weighted by Crippen LogP contribution is 2.10. The number of ether oxygens (including phenoxy) is 1. The lowest BCUT2D eigenvalue weighted by molar-refractivity contribution is -0.144. The van der Waals surface area contributed by atoms with E-state index >= 15 is 0 Å². The number of benzene rings is 1. The van der Waals surface area contributed by atoms with Crippen molar-refractivity contribution >= 4 is 5.97 Å². The summed E-state index contributed by atoms with van der Waals surface area (Å²) in [6.45, 7) is 7.11. The van der Waals surface area contributed by atoms with E-state index in [9.17, 15) is 4.79 Å². The summed E-state index contributed by atoms with van der Waals surface area (Å²) in [5.41, 5.74) is 1.52. The van der Waals surface area contributed by atoms with Crippen LogP contribution in [0.25, 0.3) is 0 Å². The fraction of sp³-hybridized carbons (Fsp3) is 0.333. The Bertz CT molecular complexity index is 477. The molecule has 19 heavy (non-hydrogen) atoms. The molecule has 0 aromatic heterocycles. The molecule has 0 saturated heterocycles. The second kappa shape index (κ2) is 8.06. The van der Waals surface area contributed by atoms with Crippen molar-refractivity contribution in [2.24, 2.45) is 0 Å². The molecule has 0 saturated carbocycles. The van der Waals surface area contributed by atoms with Gasteiger partial charge in [-0.2, -0.15) is 5.26 Å². The molecule has 1 aromatic rings. The van der Waals surface area contributed by atoms with Crippen LogP contribution in [0.1, 0.15) is 18.1 Å². The van der Waals surface area contributed by atoms with Crippen molar-refractivity contribution < 1.29 is 9.53 Å². The van der Waals surface area contributed by atoms with Gasteiger partial charge >= 0.3 is 5.97 Å². The smallest absolute Gasteiger partial charge is 0.320 e. The quantitative estimate of drug-likeness (QED) is 0.555. The van der Waals surface area contributed by atoms with Crippen LogP contribution in [-0.2, 0) is 16.1 Å². The molecule has 4 nitrogen and oxygen atoms in total. The standard InChI is InChI=1S/C15H18N2O2/c1-3-9-17(12-15(18)19-4-2)11-14-8-6-5-7-13(14)10-16/h3,5-8H,1,4,9,11-12H2,2H3. The van der Waals surface area contributed by atoms with Gasteiger partial charge in [0.1, 0.15) is 0 Å². The van der Waals surface area contributed by atoms with E-state index in [2.05, 4.69) is 12.6 Å². The maximum atomic E-state index is 11.5. The number of hydrogen-bond acceptors (Lipinski definition) is 4. The third-order valence-corrected chi connectivity index (χ3v) is 2.58. The molecule has 0 unspecified atom stereocenters. The van der Waals surface area contributed by atoms with Gasteiger partial charge in [-0.25, -0.2) is 0 Å². The molecule has 0 N–H and O–H groups in total. The lowest BCUT2D eigenvalue weighted by Gasteiger charge is -2.20. The zero-order chi connectivity index (χ0) is 14.1. The van der Waals surface area contributed by atoms with Crippen molar-refractivity contribution in [3.63, 3.8) is 0 Å². The van der Waals surface area contributed by atoms with E-state index in [0.29, 0.717) is 25.3 Å². The average Bonchev–Trinajstić information content (AvgIpc) is 2.40.